The normalized spacial score (nSPS) is 11.7. The molecule has 0 saturated heterocycles. The van der Waals surface area contributed by atoms with Crippen molar-refractivity contribution in [3.05, 3.63) is 11.4 Å². The minimum atomic E-state index is 0.747. The maximum Gasteiger partial charge on any atom is 0.128 e. The third-order valence-electron chi connectivity index (χ3n) is 1.98. The molecule has 0 spiro atoms. The van der Waals surface area contributed by atoms with E-state index in [4.69, 9.17) is 15.7 Å². The second-order valence-electron chi connectivity index (χ2n) is 2.75. The Bertz CT molecular complexity index is 587. The first-order chi connectivity index (χ1) is 6.27. The van der Waals surface area contributed by atoms with Crippen LogP contribution >= 0.6 is 34.0 Å². The van der Waals surface area contributed by atoms with Crippen LogP contribution in [0.2, 0.25) is 0 Å². The maximum atomic E-state index is 5.86. The molecule has 0 aliphatic heterocycles. The third kappa shape index (κ3) is 0.981. The molecular formula is C8H2B2S3. The van der Waals surface area contributed by atoms with Crippen molar-refractivity contribution in [2.45, 2.75) is 0 Å². The summed E-state index contributed by atoms with van der Waals surface area (Å²) < 4.78 is 5.80. The smallest absolute Gasteiger partial charge is 0.128 e. The summed E-state index contributed by atoms with van der Waals surface area (Å²) in [6.45, 7) is 0. The van der Waals surface area contributed by atoms with Gasteiger partial charge in [0.25, 0.3) is 0 Å². The van der Waals surface area contributed by atoms with Gasteiger partial charge >= 0.3 is 0 Å². The van der Waals surface area contributed by atoms with Gasteiger partial charge in [-0.25, -0.2) is 0 Å². The Morgan fingerprint density at radius 3 is 2.69 bits per heavy atom. The highest BCUT2D eigenvalue weighted by Gasteiger charge is 2.11. The summed E-state index contributed by atoms with van der Waals surface area (Å²) in [5.41, 5.74) is 0.758. The number of hydrogen-bond acceptors (Lipinski definition) is 3. The number of thiophene rings is 3. The molecule has 5 heteroatoms. The van der Waals surface area contributed by atoms with Crippen molar-refractivity contribution < 1.29 is 0 Å². The van der Waals surface area contributed by atoms with Crippen molar-refractivity contribution >= 4 is 78.7 Å². The van der Waals surface area contributed by atoms with Gasteiger partial charge in [0.2, 0.25) is 0 Å². The minimum absolute atomic E-state index is 0.747. The zero-order valence-electron chi connectivity index (χ0n) is 6.53. The SMILES string of the molecule is [B]c1sc2c(sc3ccsc32)c1[B]. The number of fused-ring (bicyclic) bond motifs is 3. The van der Waals surface area contributed by atoms with E-state index in [0.29, 0.717) is 0 Å². The van der Waals surface area contributed by atoms with Crippen LogP contribution in [-0.2, 0) is 0 Å². The number of hydrogen-bond donors (Lipinski definition) is 0. The average Bonchev–Trinajstić information content (AvgIpc) is 2.70. The van der Waals surface area contributed by atoms with Crippen LogP contribution in [-0.4, -0.2) is 15.7 Å². The van der Waals surface area contributed by atoms with E-state index in [2.05, 4.69) is 11.4 Å². The molecule has 0 saturated carbocycles. The Hall–Kier alpha value is -0.250. The zero-order chi connectivity index (χ0) is 9.00. The molecule has 0 atom stereocenters. The van der Waals surface area contributed by atoms with Gasteiger partial charge in [-0.2, -0.15) is 11.3 Å². The average molecular weight is 216 g/mol. The van der Waals surface area contributed by atoms with Gasteiger partial charge in [-0.15, -0.1) is 22.7 Å². The lowest BCUT2D eigenvalue weighted by atomic mass is 9.89. The lowest BCUT2D eigenvalue weighted by molar-refractivity contribution is 2.26. The first kappa shape index (κ1) is 8.09. The molecule has 3 aromatic heterocycles. The van der Waals surface area contributed by atoms with Crippen molar-refractivity contribution in [2.24, 2.45) is 0 Å². The van der Waals surface area contributed by atoms with Crippen LogP contribution in [0.1, 0.15) is 0 Å². The highest BCUT2D eigenvalue weighted by Crippen LogP contribution is 2.38. The van der Waals surface area contributed by atoms with Crippen LogP contribution in [0.5, 0.6) is 0 Å². The summed E-state index contributed by atoms with van der Waals surface area (Å²) in [6, 6.07) is 2.13. The Morgan fingerprint density at radius 2 is 1.85 bits per heavy atom. The lowest BCUT2D eigenvalue weighted by Gasteiger charge is -1.85. The minimum Gasteiger partial charge on any atom is -0.150 e. The summed E-state index contributed by atoms with van der Waals surface area (Å²) in [5, 5.41) is 2.10. The van der Waals surface area contributed by atoms with Gasteiger partial charge in [0.1, 0.15) is 15.7 Å². The predicted octanol–water partition coefficient (Wildman–Crippen LogP) is 1.77. The van der Waals surface area contributed by atoms with Gasteiger partial charge < -0.3 is 0 Å². The monoisotopic (exact) mass is 216 g/mol. The fraction of sp³-hybridized carbons (Fsp3) is 0. The van der Waals surface area contributed by atoms with Gasteiger partial charge in [-0.3, -0.25) is 0 Å². The van der Waals surface area contributed by atoms with Crippen LogP contribution in [0.4, 0.5) is 0 Å². The molecule has 0 bridgehead atoms. The largest absolute Gasteiger partial charge is 0.150 e. The van der Waals surface area contributed by atoms with Crippen LogP contribution in [0.3, 0.4) is 0 Å². The summed E-state index contributed by atoms with van der Waals surface area (Å²) in [6.07, 6.45) is 0. The predicted molar refractivity (Wildman–Crippen MR) is 65.9 cm³/mol. The second-order valence-corrected chi connectivity index (χ2v) is 5.77. The molecule has 3 aromatic rings. The van der Waals surface area contributed by atoms with Gasteiger partial charge in [-0.05, 0) is 11.4 Å². The van der Waals surface area contributed by atoms with E-state index in [1.807, 2.05) is 0 Å². The number of rotatable bonds is 0. The second kappa shape index (κ2) is 2.62. The summed E-state index contributed by atoms with van der Waals surface area (Å²) in [7, 11) is 11.6. The molecule has 0 nitrogen and oxygen atoms in total. The van der Waals surface area contributed by atoms with E-state index in [9.17, 15) is 0 Å². The summed E-state index contributed by atoms with van der Waals surface area (Å²) in [5.74, 6) is 0. The quantitative estimate of drug-likeness (QED) is 0.502. The van der Waals surface area contributed by atoms with Crippen molar-refractivity contribution in [2.75, 3.05) is 0 Å². The van der Waals surface area contributed by atoms with E-state index in [0.717, 1.165) is 14.9 Å². The van der Waals surface area contributed by atoms with E-state index in [-0.39, 0.29) is 0 Å². The maximum absolute atomic E-state index is 5.86. The summed E-state index contributed by atoms with van der Waals surface area (Å²) >= 11 is 5.08. The van der Waals surface area contributed by atoms with Crippen molar-refractivity contribution in [1.29, 1.82) is 0 Å². The molecule has 0 aliphatic rings. The highest BCUT2D eigenvalue weighted by molar-refractivity contribution is 7.41. The van der Waals surface area contributed by atoms with Gasteiger partial charge in [0, 0.05) is 9.40 Å². The Labute approximate surface area is 90.0 Å². The molecular weight excluding hydrogens is 214 g/mol. The van der Waals surface area contributed by atoms with Gasteiger partial charge in [-0.1, -0.05) is 10.2 Å². The molecule has 0 fully saturated rings. The van der Waals surface area contributed by atoms with Gasteiger partial charge in [0.15, 0.2) is 0 Å². The van der Waals surface area contributed by atoms with Crippen LogP contribution < -0.4 is 10.2 Å². The molecule has 3 rings (SSSR count). The molecule has 4 radical (unpaired) electrons. The van der Waals surface area contributed by atoms with E-state index in [1.54, 1.807) is 34.0 Å². The van der Waals surface area contributed by atoms with E-state index >= 15 is 0 Å². The molecule has 13 heavy (non-hydrogen) atoms. The topological polar surface area (TPSA) is 0 Å². The third-order valence-corrected chi connectivity index (χ3v) is 5.54. The van der Waals surface area contributed by atoms with Crippen LogP contribution in [0.15, 0.2) is 11.4 Å². The van der Waals surface area contributed by atoms with Crippen molar-refractivity contribution in [3.8, 4) is 0 Å². The Morgan fingerprint density at radius 1 is 1.00 bits per heavy atom. The van der Waals surface area contributed by atoms with Gasteiger partial charge in [0.05, 0.1) is 9.40 Å². The fourth-order valence-electron chi connectivity index (χ4n) is 1.35. The van der Waals surface area contributed by atoms with E-state index in [1.165, 1.54) is 14.1 Å². The first-order valence-corrected chi connectivity index (χ1v) is 6.22. The lowest BCUT2D eigenvalue weighted by Crippen LogP contribution is -2.19. The standard InChI is InChI=1S/C8H2B2S3/c9-4-6-7(13-8(4)10)5-3(12-6)1-2-11-5/h1-2H. The highest BCUT2D eigenvalue weighted by atomic mass is 32.1. The van der Waals surface area contributed by atoms with Crippen molar-refractivity contribution in [3.63, 3.8) is 0 Å². The Balaban J connectivity index is 2.63. The Kier molecular flexibility index (Phi) is 1.63. The fourth-order valence-corrected chi connectivity index (χ4v) is 4.95. The molecule has 0 N–H and O–H groups in total. The molecule has 3 heterocycles. The molecule has 0 unspecified atom stereocenters. The summed E-state index contributed by atoms with van der Waals surface area (Å²) in [4.78, 5) is 0. The first-order valence-electron chi connectivity index (χ1n) is 3.71. The molecule has 58 valence electrons. The molecule has 0 aromatic carbocycles. The molecule has 0 aliphatic carbocycles. The van der Waals surface area contributed by atoms with Crippen LogP contribution in [0, 0.1) is 0 Å². The zero-order valence-corrected chi connectivity index (χ0v) is 8.98. The molecule has 0 amide bonds. The van der Waals surface area contributed by atoms with Crippen LogP contribution in [0.25, 0.3) is 18.8 Å². The van der Waals surface area contributed by atoms with Crippen molar-refractivity contribution in [1.82, 2.24) is 0 Å². The van der Waals surface area contributed by atoms with E-state index < -0.39 is 0 Å².